The van der Waals surface area contributed by atoms with Gasteiger partial charge in [0.1, 0.15) is 12.4 Å². The molecule has 70 valence electrons. The van der Waals surface area contributed by atoms with Crippen LogP contribution in [0.15, 0.2) is 12.5 Å². The fourth-order valence-corrected chi connectivity index (χ4v) is 1.40. The van der Waals surface area contributed by atoms with E-state index in [0.717, 1.165) is 25.1 Å². The molecule has 0 bridgehead atoms. The van der Waals surface area contributed by atoms with Gasteiger partial charge in [0.05, 0.1) is 0 Å². The first-order chi connectivity index (χ1) is 6.36. The van der Waals surface area contributed by atoms with Gasteiger partial charge in [0, 0.05) is 18.3 Å². The standard InChI is InChI=1S/C9H13N3O/c1-7-4-11-6-12-9(7)13-8-2-3-10-5-8/h4,6,8,10H,2-3,5H2,1H3. The summed E-state index contributed by atoms with van der Waals surface area (Å²) in [5.74, 6) is 0.712. The van der Waals surface area contributed by atoms with Crippen molar-refractivity contribution in [2.75, 3.05) is 13.1 Å². The molecule has 0 aliphatic carbocycles. The van der Waals surface area contributed by atoms with E-state index in [4.69, 9.17) is 4.74 Å². The molecule has 1 aliphatic heterocycles. The molecule has 1 fully saturated rings. The maximum Gasteiger partial charge on any atom is 0.219 e. The van der Waals surface area contributed by atoms with Gasteiger partial charge in [-0.2, -0.15) is 0 Å². The molecule has 2 rings (SSSR count). The summed E-state index contributed by atoms with van der Waals surface area (Å²) in [6.07, 6.45) is 4.62. The molecule has 1 aromatic heterocycles. The van der Waals surface area contributed by atoms with E-state index in [2.05, 4.69) is 15.3 Å². The van der Waals surface area contributed by atoms with E-state index in [-0.39, 0.29) is 6.10 Å². The van der Waals surface area contributed by atoms with Crippen molar-refractivity contribution in [1.29, 1.82) is 0 Å². The Bertz CT molecular complexity index is 284. The summed E-state index contributed by atoms with van der Waals surface area (Å²) in [5, 5.41) is 3.24. The van der Waals surface area contributed by atoms with E-state index in [1.165, 1.54) is 6.33 Å². The van der Waals surface area contributed by atoms with Crippen LogP contribution >= 0.6 is 0 Å². The number of hydrogen-bond donors (Lipinski definition) is 1. The summed E-state index contributed by atoms with van der Waals surface area (Å²) in [5.41, 5.74) is 0.995. The fourth-order valence-electron chi connectivity index (χ4n) is 1.40. The Balaban J connectivity index is 2.04. The quantitative estimate of drug-likeness (QED) is 0.719. The molecule has 1 atom stereocenters. The lowest BCUT2D eigenvalue weighted by Crippen LogP contribution is -2.20. The highest BCUT2D eigenvalue weighted by Crippen LogP contribution is 2.15. The molecule has 0 spiro atoms. The first-order valence-corrected chi connectivity index (χ1v) is 4.50. The molecule has 2 heterocycles. The van der Waals surface area contributed by atoms with Crippen molar-refractivity contribution in [3.05, 3.63) is 18.1 Å². The fraction of sp³-hybridized carbons (Fsp3) is 0.556. The van der Waals surface area contributed by atoms with Gasteiger partial charge < -0.3 is 10.1 Å². The Morgan fingerprint density at radius 2 is 2.54 bits per heavy atom. The lowest BCUT2D eigenvalue weighted by atomic mass is 10.3. The number of aryl methyl sites for hydroxylation is 1. The van der Waals surface area contributed by atoms with Crippen molar-refractivity contribution in [3.8, 4) is 5.88 Å². The van der Waals surface area contributed by atoms with Gasteiger partial charge in [0.2, 0.25) is 5.88 Å². The third-order valence-electron chi connectivity index (χ3n) is 2.14. The maximum atomic E-state index is 5.69. The lowest BCUT2D eigenvalue weighted by molar-refractivity contribution is 0.212. The maximum absolute atomic E-state index is 5.69. The van der Waals surface area contributed by atoms with Crippen LogP contribution in [0.1, 0.15) is 12.0 Å². The smallest absolute Gasteiger partial charge is 0.219 e. The SMILES string of the molecule is Cc1cncnc1OC1CCNC1. The summed E-state index contributed by atoms with van der Waals surface area (Å²) in [6, 6.07) is 0. The van der Waals surface area contributed by atoms with Crippen molar-refractivity contribution in [2.45, 2.75) is 19.4 Å². The third kappa shape index (κ3) is 1.95. The second kappa shape index (κ2) is 3.70. The lowest BCUT2D eigenvalue weighted by Gasteiger charge is -2.12. The van der Waals surface area contributed by atoms with Crippen LogP contribution in [0.2, 0.25) is 0 Å². The number of rotatable bonds is 2. The predicted octanol–water partition coefficient (Wildman–Crippen LogP) is 0.526. The Kier molecular flexibility index (Phi) is 2.40. The molecule has 4 heteroatoms. The van der Waals surface area contributed by atoms with Crippen LogP contribution in [0.4, 0.5) is 0 Å². The zero-order valence-electron chi connectivity index (χ0n) is 7.66. The highest BCUT2D eigenvalue weighted by Gasteiger charge is 2.16. The van der Waals surface area contributed by atoms with Crippen LogP contribution in [0.3, 0.4) is 0 Å². The van der Waals surface area contributed by atoms with Crippen molar-refractivity contribution in [3.63, 3.8) is 0 Å². The number of nitrogens with one attached hydrogen (secondary N) is 1. The van der Waals surface area contributed by atoms with Crippen LogP contribution < -0.4 is 10.1 Å². The molecule has 13 heavy (non-hydrogen) atoms. The van der Waals surface area contributed by atoms with Crippen LogP contribution in [-0.2, 0) is 0 Å². The van der Waals surface area contributed by atoms with Crippen LogP contribution in [0, 0.1) is 6.92 Å². The monoisotopic (exact) mass is 179 g/mol. The highest BCUT2D eigenvalue weighted by molar-refractivity contribution is 5.20. The Morgan fingerprint density at radius 1 is 1.62 bits per heavy atom. The van der Waals surface area contributed by atoms with Gasteiger partial charge in [-0.1, -0.05) is 0 Å². The van der Waals surface area contributed by atoms with Crippen LogP contribution in [0.25, 0.3) is 0 Å². The average Bonchev–Trinajstić information content (AvgIpc) is 2.61. The topological polar surface area (TPSA) is 47.0 Å². The third-order valence-corrected chi connectivity index (χ3v) is 2.14. The number of aromatic nitrogens is 2. The van der Waals surface area contributed by atoms with Gasteiger partial charge >= 0.3 is 0 Å². The summed E-state index contributed by atoms with van der Waals surface area (Å²) in [4.78, 5) is 7.99. The summed E-state index contributed by atoms with van der Waals surface area (Å²) >= 11 is 0. The van der Waals surface area contributed by atoms with Crippen LogP contribution in [0.5, 0.6) is 5.88 Å². The zero-order chi connectivity index (χ0) is 9.10. The molecular formula is C9H13N3O. The largest absolute Gasteiger partial charge is 0.473 e. The second-order valence-electron chi connectivity index (χ2n) is 3.24. The van der Waals surface area contributed by atoms with Crippen LogP contribution in [-0.4, -0.2) is 29.2 Å². The van der Waals surface area contributed by atoms with Crippen molar-refractivity contribution < 1.29 is 4.74 Å². The van der Waals surface area contributed by atoms with E-state index in [9.17, 15) is 0 Å². The molecule has 0 radical (unpaired) electrons. The van der Waals surface area contributed by atoms with Gasteiger partial charge in [-0.3, -0.25) is 0 Å². The van der Waals surface area contributed by atoms with Crippen molar-refractivity contribution >= 4 is 0 Å². The summed E-state index contributed by atoms with van der Waals surface area (Å²) in [6.45, 7) is 3.91. The summed E-state index contributed by atoms with van der Waals surface area (Å²) < 4.78 is 5.69. The first-order valence-electron chi connectivity index (χ1n) is 4.50. The molecule has 1 aromatic rings. The Morgan fingerprint density at radius 3 is 3.23 bits per heavy atom. The number of hydrogen-bond acceptors (Lipinski definition) is 4. The molecule has 0 aromatic carbocycles. The summed E-state index contributed by atoms with van der Waals surface area (Å²) in [7, 11) is 0. The predicted molar refractivity (Wildman–Crippen MR) is 48.7 cm³/mol. The van der Waals surface area contributed by atoms with E-state index in [1.807, 2.05) is 6.92 Å². The molecule has 0 saturated carbocycles. The first kappa shape index (κ1) is 8.44. The van der Waals surface area contributed by atoms with Gasteiger partial charge in [-0.15, -0.1) is 0 Å². The molecule has 1 unspecified atom stereocenters. The molecule has 0 amide bonds. The van der Waals surface area contributed by atoms with Gasteiger partial charge in [-0.25, -0.2) is 9.97 Å². The molecule has 1 saturated heterocycles. The number of ether oxygens (including phenoxy) is 1. The Hall–Kier alpha value is -1.16. The van der Waals surface area contributed by atoms with Gasteiger partial charge in [0.25, 0.3) is 0 Å². The van der Waals surface area contributed by atoms with E-state index in [0.29, 0.717) is 5.88 Å². The second-order valence-corrected chi connectivity index (χ2v) is 3.24. The highest BCUT2D eigenvalue weighted by atomic mass is 16.5. The minimum atomic E-state index is 0.272. The molecule has 4 nitrogen and oxygen atoms in total. The average molecular weight is 179 g/mol. The van der Waals surface area contributed by atoms with Crippen molar-refractivity contribution in [1.82, 2.24) is 15.3 Å². The van der Waals surface area contributed by atoms with E-state index >= 15 is 0 Å². The van der Waals surface area contributed by atoms with E-state index in [1.54, 1.807) is 6.20 Å². The van der Waals surface area contributed by atoms with E-state index < -0.39 is 0 Å². The molecular weight excluding hydrogens is 166 g/mol. The zero-order valence-corrected chi connectivity index (χ0v) is 7.66. The van der Waals surface area contributed by atoms with Gasteiger partial charge in [-0.05, 0) is 19.9 Å². The minimum Gasteiger partial charge on any atom is -0.473 e. The Labute approximate surface area is 77.4 Å². The molecule has 1 N–H and O–H groups in total. The minimum absolute atomic E-state index is 0.272. The normalized spacial score (nSPS) is 21.8. The number of nitrogens with zero attached hydrogens (tertiary/aromatic N) is 2. The van der Waals surface area contributed by atoms with Crippen molar-refractivity contribution in [2.24, 2.45) is 0 Å². The van der Waals surface area contributed by atoms with Gasteiger partial charge in [0.15, 0.2) is 0 Å². The molecule has 1 aliphatic rings.